The predicted octanol–water partition coefficient (Wildman–Crippen LogP) is 7.19. The van der Waals surface area contributed by atoms with Crippen molar-refractivity contribution in [3.63, 3.8) is 0 Å². The van der Waals surface area contributed by atoms with Crippen LogP contribution in [0.15, 0.2) is 109 Å². The standard InChI is InChI=1S/C27H18ClN3/c28-27-30-25(21-14-8-3-9-15-21)29-26(31-27)22-16-17-23(19-10-4-1-5-11-19)24(18-22)20-12-6-2-7-13-20/h1-18H. The van der Waals surface area contributed by atoms with Crippen LogP contribution in [0.1, 0.15) is 0 Å². The van der Waals surface area contributed by atoms with Gasteiger partial charge in [-0.05, 0) is 39.9 Å². The Balaban J connectivity index is 1.67. The molecule has 0 amide bonds. The van der Waals surface area contributed by atoms with E-state index in [-0.39, 0.29) is 5.28 Å². The zero-order chi connectivity index (χ0) is 21.0. The normalized spacial score (nSPS) is 10.7. The molecule has 0 aliphatic rings. The molecule has 0 saturated carbocycles. The summed E-state index contributed by atoms with van der Waals surface area (Å²) in [5.74, 6) is 1.11. The Morgan fingerprint density at radius 2 is 0.903 bits per heavy atom. The topological polar surface area (TPSA) is 38.7 Å². The molecule has 148 valence electrons. The van der Waals surface area contributed by atoms with Gasteiger partial charge in [0.1, 0.15) is 0 Å². The van der Waals surface area contributed by atoms with Crippen LogP contribution < -0.4 is 0 Å². The number of aromatic nitrogens is 3. The lowest BCUT2D eigenvalue weighted by atomic mass is 9.92. The molecule has 0 aliphatic carbocycles. The van der Waals surface area contributed by atoms with Gasteiger partial charge in [0.15, 0.2) is 11.6 Å². The van der Waals surface area contributed by atoms with Crippen LogP contribution in [0.3, 0.4) is 0 Å². The predicted molar refractivity (Wildman–Crippen MR) is 127 cm³/mol. The minimum Gasteiger partial charge on any atom is -0.208 e. The van der Waals surface area contributed by atoms with Crippen molar-refractivity contribution in [2.24, 2.45) is 0 Å². The number of rotatable bonds is 4. The Kier molecular flexibility index (Phi) is 5.26. The van der Waals surface area contributed by atoms with Crippen LogP contribution >= 0.6 is 11.6 Å². The molecule has 0 saturated heterocycles. The minimum atomic E-state index is 0.178. The van der Waals surface area contributed by atoms with Crippen LogP contribution in [0.2, 0.25) is 5.28 Å². The average Bonchev–Trinajstić information content (AvgIpc) is 2.85. The third-order valence-corrected chi connectivity index (χ3v) is 5.26. The first-order valence-corrected chi connectivity index (χ1v) is 10.4. The van der Waals surface area contributed by atoms with Gasteiger partial charge >= 0.3 is 0 Å². The third-order valence-electron chi connectivity index (χ3n) is 5.09. The van der Waals surface area contributed by atoms with E-state index in [1.807, 2.05) is 60.7 Å². The second kappa shape index (κ2) is 8.50. The number of halogens is 1. The molecule has 5 aromatic rings. The first kappa shape index (κ1) is 19.2. The number of nitrogens with zero attached hydrogens (tertiary/aromatic N) is 3. The highest BCUT2D eigenvalue weighted by atomic mass is 35.5. The fourth-order valence-corrected chi connectivity index (χ4v) is 3.76. The van der Waals surface area contributed by atoms with Gasteiger partial charge in [0.25, 0.3) is 0 Å². The molecule has 4 aromatic carbocycles. The van der Waals surface area contributed by atoms with Crippen LogP contribution in [0.5, 0.6) is 0 Å². The molecule has 3 nitrogen and oxygen atoms in total. The quantitative estimate of drug-likeness (QED) is 0.309. The molecule has 0 bridgehead atoms. The van der Waals surface area contributed by atoms with Gasteiger partial charge in [0.05, 0.1) is 0 Å². The highest BCUT2D eigenvalue weighted by molar-refractivity contribution is 6.28. The minimum absolute atomic E-state index is 0.178. The Morgan fingerprint density at radius 3 is 1.48 bits per heavy atom. The zero-order valence-corrected chi connectivity index (χ0v) is 17.4. The molecule has 0 aliphatic heterocycles. The lowest BCUT2D eigenvalue weighted by Crippen LogP contribution is -1.97. The molecule has 31 heavy (non-hydrogen) atoms. The molecular formula is C27H18ClN3. The highest BCUT2D eigenvalue weighted by Gasteiger charge is 2.13. The molecule has 0 fully saturated rings. The summed E-state index contributed by atoms with van der Waals surface area (Å²) in [5.41, 5.74) is 6.34. The lowest BCUT2D eigenvalue weighted by Gasteiger charge is -2.13. The lowest BCUT2D eigenvalue weighted by molar-refractivity contribution is 1.07. The summed E-state index contributed by atoms with van der Waals surface area (Å²) in [6.45, 7) is 0. The van der Waals surface area contributed by atoms with Crippen LogP contribution in [-0.4, -0.2) is 15.0 Å². The number of benzene rings is 4. The number of hydrogen-bond acceptors (Lipinski definition) is 3. The molecule has 0 N–H and O–H groups in total. The fourth-order valence-electron chi connectivity index (χ4n) is 3.60. The van der Waals surface area contributed by atoms with E-state index in [0.29, 0.717) is 11.6 Å². The van der Waals surface area contributed by atoms with Crippen molar-refractivity contribution in [1.29, 1.82) is 0 Å². The van der Waals surface area contributed by atoms with E-state index in [1.54, 1.807) is 0 Å². The molecule has 0 atom stereocenters. The van der Waals surface area contributed by atoms with E-state index in [1.165, 1.54) is 0 Å². The van der Waals surface area contributed by atoms with Crippen LogP contribution in [0.4, 0.5) is 0 Å². The van der Waals surface area contributed by atoms with Gasteiger partial charge in [-0.25, -0.2) is 4.98 Å². The molecule has 0 spiro atoms. The highest BCUT2D eigenvalue weighted by Crippen LogP contribution is 2.35. The second-order valence-corrected chi connectivity index (χ2v) is 7.45. The summed E-state index contributed by atoms with van der Waals surface area (Å²) >= 11 is 6.27. The SMILES string of the molecule is Clc1nc(-c2ccccc2)nc(-c2ccc(-c3ccccc3)c(-c3ccccc3)c2)n1. The van der Waals surface area contributed by atoms with E-state index in [2.05, 4.69) is 58.5 Å². The van der Waals surface area contributed by atoms with E-state index < -0.39 is 0 Å². The van der Waals surface area contributed by atoms with Crippen molar-refractivity contribution in [2.75, 3.05) is 0 Å². The maximum Gasteiger partial charge on any atom is 0.226 e. The Hall–Kier alpha value is -3.82. The molecule has 0 unspecified atom stereocenters. The second-order valence-electron chi connectivity index (χ2n) is 7.11. The summed E-state index contributed by atoms with van der Waals surface area (Å²) in [4.78, 5) is 13.4. The van der Waals surface area contributed by atoms with Gasteiger partial charge in [0, 0.05) is 11.1 Å². The van der Waals surface area contributed by atoms with Crippen molar-refractivity contribution in [3.05, 3.63) is 114 Å². The van der Waals surface area contributed by atoms with E-state index in [0.717, 1.165) is 33.4 Å². The van der Waals surface area contributed by atoms with Crippen LogP contribution in [0.25, 0.3) is 45.0 Å². The first-order chi connectivity index (χ1) is 15.3. The molecule has 5 rings (SSSR count). The van der Waals surface area contributed by atoms with Crippen LogP contribution in [0, 0.1) is 0 Å². The van der Waals surface area contributed by atoms with Crippen molar-refractivity contribution in [2.45, 2.75) is 0 Å². The van der Waals surface area contributed by atoms with Crippen molar-refractivity contribution >= 4 is 11.6 Å². The maximum atomic E-state index is 6.27. The van der Waals surface area contributed by atoms with Gasteiger partial charge in [-0.15, -0.1) is 0 Å². The Bertz CT molecular complexity index is 1320. The van der Waals surface area contributed by atoms with Gasteiger partial charge in [-0.1, -0.05) is 103 Å². The van der Waals surface area contributed by atoms with Crippen molar-refractivity contribution in [3.8, 4) is 45.0 Å². The zero-order valence-electron chi connectivity index (χ0n) is 16.6. The smallest absolute Gasteiger partial charge is 0.208 e. The third kappa shape index (κ3) is 4.09. The largest absolute Gasteiger partial charge is 0.226 e. The monoisotopic (exact) mass is 419 g/mol. The molecule has 1 heterocycles. The average molecular weight is 420 g/mol. The molecule has 1 aromatic heterocycles. The van der Waals surface area contributed by atoms with E-state index in [4.69, 9.17) is 16.6 Å². The Labute approximate surface area is 186 Å². The molecule has 0 radical (unpaired) electrons. The van der Waals surface area contributed by atoms with Crippen molar-refractivity contribution in [1.82, 2.24) is 15.0 Å². The number of hydrogen-bond donors (Lipinski definition) is 0. The first-order valence-electron chi connectivity index (χ1n) is 10.0. The fraction of sp³-hybridized carbons (Fsp3) is 0. The molecular weight excluding hydrogens is 402 g/mol. The van der Waals surface area contributed by atoms with Crippen molar-refractivity contribution < 1.29 is 0 Å². The Morgan fingerprint density at radius 1 is 0.419 bits per heavy atom. The van der Waals surface area contributed by atoms with Gasteiger partial charge < -0.3 is 0 Å². The molecule has 4 heteroatoms. The summed E-state index contributed by atoms with van der Waals surface area (Å²) in [7, 11) is 0. The van der Waals surface area contributed by atoms with Crippen LogP contribution in [-0.2, 0) is 0 Å². The van der Waals surface area contributed by atoms with Gasteiger partial charge in [-0.3, -0.25) is 0 Å². The van der Waals surface area contributed by atoms with E-state index >= 15 is 0 Å². The van der Waals surface area contributed by atoms with Gasteiger partial charge in [-0.2, -0.15) is 9.97 Å². The summed E-state index contributed by atoms with van der Waals surface area (Å²) in [5, 5.41) is 0.178. The summed E-state index contributed by atoms with van der Waals surface area (Å²) in [6, 6.07) is 36.8. The summed E-state index contributed by atoms with van der Waals surface area (Å²) in [6.07, 6.45) is 0. The van der Waals surface area contributed by atoms with E-state index in [9.17, 15) is 0 Å². The maximum absolute atomic E-state index is 6.27. The van der Waals surface area contributed by atoms with Gasteiger partial charge in [0.2, 0.25) is 5.28 Å². The summed E-state index contributed by atoms with van der Waals surface area (Å²) < 4.78 is 0.